The highest BCUT2D eigenvalue weighted by atomic mass is 35.5. The van der Waals surface area contributed by atoms with Crippen molar-refractivity contribution in [1.82, 2.24) is 4.37 Å². The second-order valence-electron chi connectivity index (χ2n) is 4.10. The van der Waals surface area contributed by atoms with Crippen molar-refractivity contribution in [3.63, 3.8) is 0 Å². The van der Waals surface area contributed by atoms with Crippen LogP contribution >= 0.6 is 23.1 Å². The molecule has 1 aromatic carbocycles. The van der Waals surface area contributed by atoms with Crippen molar-refractivity contribution < 1.29 is 19.0 Å². The number of carbonyl (C=O) groups is 1. The van der Waals surface area contributed by atoms with E-state index in [0.29, 0.717) is 11.3 Å². The summed E-state index contributed by atoms with van der Waals surface area (Å²) in [6, 6.07) is 8.72. The molecule has 2 aromatic rings. The zero-order valence-electron chi connectivity index (χ0n) is 12.2. The molecule has 0 aliphatic rings. The number of halogens is 1. The molecule has 0 atom stereocenters. The molecule has 8 heteroatoms. The zero-order valence-corrected chi connectivity index (χ0v) is 13.8. The number of aromatic nitrogens is 1. The topological polar surface area (TPSA) is 81.4 Å². The van der Waals surface area contributed by atoms with E-state index in [4.69, 9.17) is 31.1 Å². The molecule has 0 radical (unpaired) electrons. The van der Waals surface area contributed by atoms with E-state index in [-0.39, 0.29) is 21.4 Å². The Morgan fingerprint density at radius 1 is 1.39 bits per heavy atom. The second kappa shape index (κ2) is 7.63. The summed E-state index contributed by atoms with van der Waals surface area (Å²) >= 11 is 6.78. The molecule has 0 saturated carbocycles. The summed E-state index contributed by atoms with van der Waals surface area (Å²) in [5.41, 5.74) is 0.774. The van der Waals surface area contributed by atoms with Gasteiger partial charge in [0.2, 0.25) is 5.06 Å². The number of ether oxygens (including phenoxy) is 3. The van der Waals surface area contributed by atoms with E-state index in [1.54, 1.807) is 24.3 Å². The standard InChI is InChI=1S/C15H11ClN2O4S/c1-20-8-11(14(19)21-2)9-5-3-4-6-12(9)22-15-10(7-17)13(16)18-23-15/h3-6,8H,1-2H3. The van der Waals surface area contributed by atoms with Gasteiger partial charge in [-0.2, -0.15) is 9.64 Å². The zero-order chi connectivity index (χ0) is 16.8. The molecule has 23 heavy (non-hydrogen) atoms. The van der Waals surface area contributed by atoms with Gasteiger partial charge >= 0.3 is 5.97 Å². The lowest BCUT2D eigenvalue weighted by Crippen LogP contribution is -2.05. The molecule has 1 aromatic heterocycles. The van der Waals surface area contributed by atoms with Crippen molar-refractivity contribution in [3.8, 4) is 16.9 Å². The van der Waals surface area contributed by atoms with Crippen LogP contribution < -0.4 is 4.74 Å². The largest absolute Gasteiger partial charge is 0.503 e. The molecule has 2 rings (SSSR count). The number of hydrogen-bond acceptors (Lipinski definition) is 7. The second-order valence-corrected chi connectivity index (χ2v) is 5.20. The third-order valence-corrected chi connectivity index (χ3v) is 3.85. The lowest BCUT2D eigenvalue weighted by molar-refractivity contribution is -0.133. The average Bonchev–Trinajstić information content (AvgIpc) is 2.92. The third kappa shape index (κ3) is 3.62. The highest BCUT2D eigenvalue weighted by Gasteiger charge is 2.20. The molecular weight excluding hydrogens is 340 g/mol. The van der Waals surface area contributed by atoms with E-state index >= 15 is 0 Å². The van der Waals surface area contributed by atoms with Crippen LogP contribution in [0.2, 0.25) is 5.15 Å². The molecule has 6 nitrogen and oxygen atoms in total. The van der Waals surface area contributed by atoms with Gasteiger partial charge in [0, 0.05) is 17.1 Å². The summed E-state index contributed by atoms with van der Waals surface area (Å²) < 4.78 is 19.3. The Labute approximate surface area is 141 Å². The fraction of sp³-hybridized carbons (Fsp3) is 0.133. The van der Waals surface area contributed by atoms with E-state index in [2.05, 4.69) is 4.37 Å². The monoisotopic (exact) mass is 350 g/mol. The Morgan fingerprint density at radius 2 is 2.13 bits per heavy atom. The van der Waals surface area contributed by atoms with Crippen molar-refractivity contribution in [2.75, 3.05) is 14.2 Å². The predicted molar refractivity (Wildman–Crippen MR) is 85.4 cm³/mol. The Hall–Kier alpha value is -2.56. The Kier molecular flexibility index (Phi) is 5.57. The number of methoxy groups -OCH3 is 2. The lowest BCUT2D eigenvalue weighted by atomic mass is 10.1. The quantitative estimate of drug-likeness (QED) is 0.465. The van der Waals surface area contributed by atoms with Crippen LogP contribution in [-0.2, 0) is 14.3 Å². The van der Waals surface area contributed by atoms with Gasteiger partial charge < -0.3 is 14.2 Å². The van der Waals surface area contributed by atoms with Crippen molar-refractivity contribution in [2.24, 2.45) is 0 Å². The summed E-state index contributed by atoms with van der Waals surface area (Å²) in [5.74, 6) is -0.233. The maximum atomic E-state index is 11.9. The van der Waals surface area contributed by atoms with Crippen LogP contribution in [0.1, 0.15) is 11.1 Å². The minimum atomic E-state index is -0.578. The normalized spacial score (nSPS) is 10.8. The highest BCUT2D eigenvalue weighted by Crippen LogP contribution is 2.37. The SMILES string of the molecule is COC=C(C(=O)OC)c1ccccc1Oc1snc(Cl)c1C#N. The average molecular weight is 351 g/mol. The number of benzene rings is 1. The van der Waals surface area contributed by atoms with Crippen LogP contribution in [0.3, 0.4) is 0 Å². The van der Waals surface area contributed by atoms with Gasteiger partial charge in [0.05, 0.1) is 20.5 Å². The number of esters is 1. The maximum absolute atomic E-state index is 11.9. The van der Waals surface area contributed by atoms with E-state index in [0.717, 1.165) is 11.5 Å². The van der Waals surface area contributed by atoms with Crippen LogP contribution in [0.25, 0.3) is 5.57 Å². The number of para-hydroxylation sites is 1. The molecular formula is C15H11ClN2O4S. The van der Waals surface area contributed by atoms with Crippen LogP contribution in [0.15, 0.2) is 30.5 Å². The van der Waals surface area contributed by atoms with Crippen molar-refractivity contribution in [1.29, 1.82) is 5.26 Å². The first-order valence-corrected chi connectivity index (χ1v) is 7.41. The van der Waals surface area contributed by atoms with Gasteiger partial charge in [-0.15, -0.1) is 0 Å². The molecule has 118 valence electrons. The van der Waals surface area contributed by atoms with Crippen LogP contribution in [0.5, 0.6) is 10.8 Å². The van der Waals surface area contributed by atoms with E-state index < -0.39 is 5.97 Å². The van der Waals surface area contributed by atoms with E-state index in [1.165, 1.54) is 20.5 Å². The molecule has 0 N–H and O–H groups in total. The summed E-state index contributed by atoms with van der Waals surface area (Å²) in [7, 11) is 2.69. The molecule has 1 heterocycles. The molecule has 0 amide bonds. The van der Waals surface area contributed by atoms with E-state index in [9.17, 15) is 4.79 Å². The number of carbonyl (C=O) groups excluding carboxylic acids is 1. The van der Waals surface area contributed by atoms with Crippen molar-refractivity contribution >= 4 is 34.7 Å². The lowest BCUT2D eigenvalue weighted by Gasteiger charge is -2.11. The number of rotatable bonds is 5. The fourth-order valence-electron chi connectivity index (χ4n) is 1.75. The number of hydrogen-bond donors (Lipinski definition) is 0. The first-order valence-electron chi connectivity index (χ1n) is 6.26. The fourth-order valence-corrected chi connectivity index (χ4v) is 2.65. The molecule has 0 aliphatic heterocycles. The predicted octanol–water partition coefficient (Wildman–Crippen LogP) is 3.62. The van der Waals surface area contributed by atoms with Crippen LogP contribution in [0, 0.1) is 11.3 Å². The van der Waals surface area contributed by atoms with Gasteiger partial charge in [0.25, 0.3) is 0 Å². The van der Waals surface area contributed by atoms with Gasteiger partial charge in [-0.1, -0.05) is 29.8 Å². The Balaban J connectivity index is 2.47. The maximum Gasteiger partial charge on any atom is 0.341 e. The summed E-state index contributed by atoms with van der Waals surface area (Å²) in [4.78, 5) is 11.9. The molecule has 0 spiro atoms. The molecule has 0 unspecified atom stereocenters. The van der Waals surface area contributed by atoms with Crippen molar-refractivity contribution in [2.45, 2.75) is 0 Å². The smallest absolute Gasteiger partial charge is 0.341 e. The Bertz CT molecular complexity index is 795. The number of nitriles is 1. The molecule has 0 fully saturated rings. The number of nitrogens with zero attached hydrogens (tertiary/aromatic N) is 2. The van der Waals surface area contributed by atoms with Crippen molar-refractivity contribution in [3.05, 3.63) is 46.8 Å². The van der Waals surface area contributed by atoms with Gasteiger partial charge in [-0.05, 0) is 6.07 Å². The summed E-state index contributed by atoms with van der Waals surface area (Å²) in [6.45, 7) is 0. The van der Waals surface area contributed by atoms with Gasteiger partial charge in [0.1, 0.15) is 23.0 Å². The van der Waals surface area contributed by atoms with Gasteiger partial charge in [-0.3, -0.25) is 0 Å². The van der Waals surface area contributed by atoms with Crippen LogP contribution in [-0.4, -0.2) is 24.6 Å². The minimum absolute atomic E-state index is 0.0746. The molecule has 0 bridgehead atoms. The highest BCUT2D eigenvalue weighted by molar-refractivity contribution is 7.08. The van der Waals surface area contributed by atoms with E-state index in [1.807, 2.05) is 6.07 Å². The summed E-state index contributed by atoms with van der Waals surface area (Å²) in [5, 5.41) is 9.42. The molecule has 0 saturated heterocycles. The Morgan fingerprint density at radius 3 is 2.78 bits per heavy atom. The first kappa shape index (κ1) is 16.8. The van der Waals surface area contributed by atoms with Gasteiger partial charge in [-0.25, -0.2) is 4.79 Å². The summed E-state index contributed by atoms with van der Waals surface area (Å²) in [6.07, 6.45) is 1.26. The first-order chi connectivity index (χ1) is 11.1. The minimum Gasteiger partial charge on any atom is -0.503 e. The van der Waals surface area contributed by atoms with Crippen LogP contribution in [0.4, 0.5) is 0 Å². The third-order valence-electron chi connectivity index (χ3n) is 2.75. The molecule has 0 aliphatic carbocycles. The van der Waals surface area contributed by atoms with Gasteiger partial charge in [0.15, 0.2) is 5.15 Å².